The van der Waals surface area contributed by atoms with Crippen molar-refractivity contribution >= 4 is 11.8 Å². The molecule has 1 unspecified atom stereocenters. The number of aromatic nitrogens is 2. The molecule has 2 amide bonds. The highest BCUT2D eigenvalue weighted by molar-refractivity contribution is 5.92. The van der Waals surface area contributed by atoms with Gasteiger partial charge in [0.05, 0.1) is 6.04 Å². The van der Waals surface area contributed by atoms with E-state index in [0.29, 0.717) is 24.8 Å². The van der Waals surface area contributed by atoms with E-state index in [1.807, 2.05) is 33.8 Å². The molecule has 3 heterocycles. The van der Waals surface area contributed by atoms with Crippen molar-refractivity contribution in [2.24, 2.45) is 5.92 Å². The molecule has 3 rings (SSSR count). The van der Waals surface area contributed by atoms with Crippen LogP contribution in [0.25, 0.3) is 0 Å². The number of carbonyl (C=O) groups excluding carboxylic acids is 2. The molecule has 0 aromatic carbocycles. The summed E-state index contributed by atoms with van der Waals surface area (Å²) < 4.78 is 1.93. The molecule has 0 bridgehead atoms. The predicted octanol–water partition coefficient (Wildman–Crippen LogP) is 1.92. The molecule has 1 N–H and O–H groups in total. The van der Waals surface area contributed by atoms with Crippen LogP contribution in [0.5, 0.6) is 0 Å². The number of rotatable bonds is 6. The lowest BCUT2D eigenvalue weighted by Crippen LogP contribution is -2.43. The SMILES string of the molecule is CCCCN(C)C(=O)C1CCN(C(=O)c2ccn(C3CCCNC3)n2)CC1. The van der Waals surface area contributed by atoms with Gasteiger partial charge in [-0.25, -0.2) is 0 Å². The van der Waals surface area contributed by atoms with Gasteiger partial charge < -0.3 is 15.1 Å². The smallest absolute Gasteiger partial charge is 0.274 e. The Morgan fingerprint density at radius 1 is 1.30 bits per heavy atom. The highest BCUT2D eigenvalue weighted by atomic mass is 16.2. The van der Waals surface area contributed by atoms with Crippen molar-refractivity contribution < 1.29 is 9.59 Å². The van der Waals surface area contributed by atoms with Crippen LogP contribution in [-0.2, 0) is 4.79 Å². The molecule has 0 aliphatic carbocycles. The summed E-state index contributed by atoms with van der Waals surface area (Å²) in [5.41, 5.74) is 0.519. The Hall–Kier alpha value is -1.89. The Balaban J connectivity index is 1.51. The van der Waals surface area contributed by atoms with Gasteiger partial charge in [-0.05, 0) is 44.7 Å². The minimum absolute atomic E-state index is 0.0113. The first-order valence-corrected chi connectivity index (χ1v) is 10.4. The number of piperidine rings is 2. The molecule has 7 heteroatoms. The molecule has 1 aromatic heterocycles. The fraction of sp³-hybridized carbons (Fsp3) is 0.750. The first-order valence-electron chi connectivity index (χ1n) is 10.4. The average Bonchev–Trinajstić information content (AvgIpc) is 3.22. The molecule has 2 aliphatic heterocycles. The zero-order valence-electron chi connectivity index (χ0n) is 16.7. The fourth-order valence-electron chi connectivity index (χ4n) is 4.02. The summed E-state index contributed by atoms with van der Waals surface area (Å²) >= 11 is 0. The van der Waals surface area contributed by atoms with Crippen LogP contribution in [0, 0.1) is 5.92 Å². The third-order valence-electron chi connectivity index (χ3n) is 5.83. The van der Waals surface area contributed by atoms with Crippen LogP contribution < -0.4 is 5.32 Å². The van der Waals surface area contributed by atoms with E-state index in [0.717, 1.165) is 58.2 Å². The number of hydrogen-bond donors (Lipinski definition) is 1. The third-order valence-corrected chi connectivity index (χ3v) is 5.83. The highest BCUT2D eigenvalue weighted by Gasteiger charge is 2.30. The van der Waals surface area contributed by atoms with E-state index >= 15 is 0 Å². The van der Waals surface area contributed by atoms with Gasteiger partial charge in [-0.1, -0.05) is 13.3 Å². The summed E-state index contributed by atoms with van der Waals surface area (Å²) in [5.74, 6) is 0.258. The highest BCUT2D eigenvalue weighted by Crippen LogP contribution is 2.22. The molecule has 2 fully saturated rings. The van der Waals surface area contributed by atoms with Crippen molar-refractivity contribution in [3.8, 4) is 0 Å². The zero-order chi connectivity index (χ0) is 19.2. The van der Waals surface area contributed by atoms with Crippen LogP contribution in [0.15, 0.2) is 12.3 Å². The van der Waals surface area contributed by atoms with Gasteiger partial charge in [0, 0.05) is 45.3 Å². The summed E-state index contributed by atoms with van der Waals surface area (Å²) in [4.78, 5) is 29.0. The Morgan fingerprint density at radius 2 is 2.07 bits per heavy atom. The van der Waals surface area contributed by atoms with E-state index in [4.69, 9.17) is 0 Å². The van der Waals surface area contributed by atoms with Gasteiger partial charge in [0.25, 0.3) is 5.91 Å². The van der Waals surface area contributed by atoms with Crippen LogP contribution in [0.3, 0.4) is 0 Å². The molecular formula is C20H33N5O2. The maximum atomic E-state index is 12.8. The first kappa shape index (κ1) is 19.9. The van der Waals surface area contributed by atoms with Gasteiger partial charge in [-0.2, -0.15) is 5.10 Å². The standard InChI is InChI=1S/C20H33N5O2/c1-3-4-11-23(2)19(26)16-7-12-24(13-8-16)20(27)18-9-14-25(22-18)17-6-5-10-21-15-17/h9,14,16-17,21H,3-8,10-13,15H2,1-2H3. The van der Waals surface area contributed by atoms with E-state index in [1.165, 1.54) is 0 Å². The average molecular weight is 376 g/mol. The molecule has 0 spiro atoms. The van der Waals surface area contributed by atoms with Crippen molar-refractivity contribution in [3.05, 3.63) is 18.0 Å². The van der Waals surface area contributed by atoms with E-state index in [2.05, 4.69) is 17.3 Å². The molecule has 2 aliphatic rings. The van der Waals surface area contributed by atoms with Crippen molar-refractivity contribution in [2.75, 3.05) is 39.8 Å². The molecule has 2 saturated heterocycles. The second kappa shape index (κ2) is 9.35. The summed E-state index contributed by atoms with van der Waals surface area (Å²) in [6.45, 7) is 6.19. The lowest BCUT2D eigenvalue weighted by atomic mass is 9.95. The molecule has 1 atom stereocenters. The molecule has 27 heavy (non-hydrogen) atoms. The maximum absolute atomic E-state index is 12.8. The number of hydrogen-bond acceptors (Lipinski definition) is 4. The minimum atomic E-state index is -0.0113. The number of carbonyl (C=O) groups is 2. The lowest BCUT2D eigenvalue weighted by Gasteiger charge is -2.33. The van der Waals surface area contributed by atoms with Gasteiger partial charge in [0.2, 0.25) is 5.91 Å². The van der Waals surface area contributed by atoms with E-state index < -0.39 is 0 Å². The van der Waals surface area contributed by atoms with Gasteiger partial charge in [0.1, 0.15) is 5.69 Å². The molecule has 7 nitrogen and oxygen atoms in total. The van der Waals surface area contributed by atoms with Crippen LogP contribution >= 0.6 is 0 Å². The number of likely N-dealkylation sites (tertiary alicyclic amines) is 1. The van der Waals surface area contributed by atoms with Crippen LogP contribution in [0.1, 0.15) is 62.0 Å². The second-order valence-corrected chi connectivity index (χ2v) is 7.86. The van der Waals surface area contributed by atoms with Crippen molar-refractivity contribution in [1.29, 1.82) is 0 Å². The Kier molecular flexibility index (Phi) is 6.88. The van der Waals surface area contributed by atoms with Crippen molar-refractivity contribution in [1.82, 2.24) is 24.9 Å². The predicted molar refractivity (Wildman–Crippen MR) is 105 cm³/mol. The molecular weight excluding hydrogens is 342 g/mol. The summed E-state index contributed by atoms with van der Waals surface area (Å²) in [7, 11) is 1.89. The van der Waals surface area contributed by atoms with Gasteiger partial charge in [-0.15, -0.1) is 0 Å². The number of nitrogens with zero attached hydrogens (tertiary/aromatic N) is 4. The van der Waals surface area contributed by atoms with Gasteiger partial charge in [-0.3, -0.25) is 14.3 Å². The van der Waals surface area contributed by atoms with Crippen LogP contribution in [0.2, 0.25) is 0 Å². The number of nitrogens with one attached hydrogen (secondary N) is 1. The Morgan fingerprint density at radius 3 is 2.74 bits per heavy atom. The van der Waals surface area contributed by atoms with Crippen LogP contribution in [0.4, 0.5) is 0 Å². The Labute approximate surface area is 162 Å². The quantitative estimate of drug-likeness (QED) is 0.825. The summed E-state index contributed by atoms with van der Waals surface area (Å²) in [6.07, 6.45) is 7.78. The molecule has 150 valence electrons. The second-order valence-electron chi connectivity index (χ2n) is 7.86. The van der Waals surface area contributed by atoms with Crippen molar-refractivity contribution in [2.45, 2.75) is 51.5 Å². The monoisotopic (exact) mass is 375 g/mol. The third kappa shape index (κ3) is 4.89. The number of amides is 2. The summed E-state index contributed by atoms with van der Waals surface area (Å²) in [5, 5.41) is 7.92. The van der Waals surface area contributed by atoms with Gasteiger partial charge in [0.15, 0.2) is 0 Å². The Bertz CT molecular complexity index is 630. The molecule has 1 aromatic rings. The lowest BCUT2D eigenvalue weighted by molar-refractivity contribution is -0.135. The zero-order valence-corrected chi connectivity index (χ0v) is 16.7. The van der Waals surface area contributed by atoms with E-state index in [1.54, 1.807) is 0 Å². The van der Waals surface area contributed by atoms with E-state index in [-0.39, 0.29) is 17.7 Å². The molecule has 0 radical (unpaired) electrons. The normalized spacial score (nSPS) is 21.3. The van der Waals surface area contributed by atoms with E-state index in [9.17, 15) is 9.59 Å². The van der Waals surface area contributed by atoms with Crippen molar-refractivity contribution in [3.63, 3.8) is 0 Å². The van der Waals surface area contributed by atoms with Gasteiger partial charge >= 0.3 is 0 Å². The number of unbranched alkanes of at least 4 members (excludes halogenated alkanes) is 1. The molecule has 0 saturated carbocycles. The first-order chi connectivity index (χ1) is 13.1. The van der Waals surface area contributed by atoms with Crippen LogP contribution in [-0.4, -0.2) is 71.2 Å². The maximum Gasteiger partial charge on any atom is 0.274 e. The minimum Gasteiger partial charge on any atom is -0.346 e. The largest absolute Gasteiger partial charge is 0.346 e. The fourth-order valence-corrected chi connectivity index (χ4v) is 4.02. The topological polar surface area (TPSA) is 70.5 Å². The summed E-state index contributed by atoms with van der Waals surface area (Å²) in [6, 6.07) is 2.16.